The Labute approximate surface area is 108 Å². The first-order chi connectivity index (χ1) is 8.80. The summed E-state index contributed by atoms with van der Waals surface area (Å²) in [6, 6.07) is 9.90. The molecule has 1 fully saturated rings. The highest BCUT2D eigenvalue weighted by molar-refractivity contribution is 5.58. The number of methoxy groups -OCH3 is 1. The summed E-state index contributed by atoms with van der Waals surface area (Å²) >= 11 is 0. The van der Waals surface area contributed by atoms with Crippen molar-refractivity contribution in [3.63, 3.8) is 0 Å². The lowest BCUT2D eigenvalue weighted by molar-refractivity contribution is -0.118. The highest BCUT2D eigenvalue weighted by Gasteiger charge is 2.42. The number of nitrogens with zero attached hydrogens (tertiary/aromatic N) is 1. The second-order valence-electron chi connectivity index (χ2n) is 4.34. The van der Waals surface area contributed by atoms with Crippen LogP contribution in [0.15, 0.2) is 24.3 Å². The molecule has 1 N–H and O–H groups in total. The molecule has 0 heterocycles. The molecule has 1 aromatic carbocycles. The van der Waals surface area contributed by atoms with Gasteiger partial charge in [-0.3, -0.25) is 0 Å². The Morgan fingerprint density at radius 2 is 2.22 bits per heavy atom. The van der Waals surface area contributed by atoms with Crippen LogP contribution in [-0.4, -0.2) is 32.0 Å². The van der Waals surface area contributed by atoms with Crippen LogP contribution in [0.5, 0.6) is 0 Å². The number of benzene rings is 1. The number of anilines is 1. The quantitative estimate of drug-likeness (QED) is 0.865. The van der Waals surface area contributed by atoms with Crippen LogP contribution in [0, 0.1) is 11.3 Å². The van der Waals surface area contributed by atoms with Crippen molar-refractivity contribution in [1.82, 2.24) is 0 Å². The van der Waals surface area contributed by atoms with Gasteiger partial charge in [0.2, 0.25) is 0 Å². The molecule has 0 aliphatic heterocycles. The molecule has 4 nitrogen and oxygen atoms in total. The average Bonchev–Trinajstić information content (AvgIpc) is 2.38. The summed E-state index contributed by atoms with van der Waals surface area (Å²) in [5.41, 5.74) is 1.52. The number of hydrogen-bond acceptors (Lipinski definition) is 4. The van der Waals surface area contributed by atoms with Crippen molar-refractivity contribution in [3.05, 3.63) is 29.8 Å². The molecule has 0 radical (unpaired) electrons. The van der Waals surface area contributed by atoms with Gasteiger partial charge in [0.1, 0.15) is 12.2 Å². The van der Waals surface area contributed by atoms with E-state index in [2.05, 4.69) is 11.4 Å². The molecule has 0 saturated heterocycles. The third-order valence-corrected chi connectivity index (χ3v) is 3.29. The van der Waals surface area contributed by atoms with E-state index in [0.29, 0.717) is 12.2 Å². The largest absolute Gasteiger partial charge is 0.378 e. The van der Waals surface area contributed by atoms with Gasteiger partial charge < -0.3 is 14.8 Å². The first-order valence-electron chi connectivity index (χ1n) is 6.20. The summed E-state index contributed by atoms with van der Waals surface area (Å²) in [6.07, 6.45) is 1.12. The normalized spacial score (nSPS) is 26.2. The SMILES string of the molecule is CCOC1CC(Nc2ccccc2C#N)C1OC. The summed E-state index contributed by atoms with van der Waals surface area (Å²) in [6.45, 7) is 2.69. The molecular formula is C14H18N2O2. The predicted molar refractivity (Wildman–Crippen MR) is 69.4 cm³/mol. The third-order valence-electron chi connectivity index (χ3n) is 3.29. The lowest BCUT2D eigenvalue weighted by Gasteiger charge is -2.43. The maximum atomic E-state index is 9.04. The molecule has 1 aromatic rings. The summed E-state index contributed by atoms with van der Waals surface area (Å²) in [7, 11) is 1.70. The van der Waals surface area contributed by atoms with Crippen LogP contribution < -0.4 is 5.32 Å². The molecule has 1 aliphatic carbocycles. The maximum Gasteiger partial charge on any atom is 0.103 e. The van der Waals surface area contributed by atoms with Crippen LogP contribution in [0.1, 0.15) is 18.9 Å². The molecule has 1 aliphatic rings. The van der Waals surface area contributed by atoms with E-state index in [-0.39, 0.29) is 18.2 Å². The van der Waals surface area contributed by atoms with Crippen molar-refractivity contribution in [2.24, 2.45) is 0 Å². The van der Waals surface area contributed by atoms with Crippen molar-refractivity contribution in [2.45, 2.75) is 31.6 Å². The zero-order valence-electron chi connectivity index (χ0n) is 10.7. The van der Waals surface area contributed by atoms with Gasteiger partial charge in [0.25, 0.3) is 0 Å². The molecule has 2 rings (SSSR count). The molecule has 3 unspecified atom stereocenters. The van der Waals surface area contributed by atoms with Crippen LogP contribution in [0.3, 0.4) is 0 Å². The number of para-hydroxylation sites is 1. The van der Waals surface area contributed by atoms with Gasteiger partial charge in [-0.05, 0) is 25.5 Å². The Balaban J connectivity index is 2.01. The predicted octanol–water partition coefficient (Wildman–Crippen LogP) is 2.16. The fraction of sp³-hybridized carbons (Fsp3) is 0.500. The van der Waals surface area contributed by atoms with Crippen LogP contribution in [-0.2, 0) is 9.47 Å². The molecule has 1 saturated carbocycles. The van der Waals surface area contributed by atoms with E-state index >= 15 is 0 Å². The Morgan fingerprint density at radius 3 is 2.89 bits per heavy atom. The number of hydrogen-bond donors (Lipinski definition) is 1. The van der Waals surface area contributed by atoms with Crippen molar-refractivity contribution in [2.75, 3.05) is 19.0 Å². The number of nitriles is 1. The number of ether oxygens (including phenoxy) is 2. The minimum absolute atomic E-state index is 0.0525. The fourth-order valence-electron chi connectivity index (χ4n) is 2.32. The standard InChI is InChI=1S/C14H18N2O2/c1-3-18-13-8-12(14(13)17-2)16-11-7-5-4-6-10(11)9-15/h4-7,12-14,16H,3,8H2,1-2H3. The van der Waals surface area contributed by atoms with Gasteiger partial charge in [0, 0.05) is 13.7 Å². The molecule has 18 heavy (non-hydrogen) atoms. The second-order valence-corrected chi connectivity index (χ2v) is 4.34. The van der Waals surface area contributed by atoms with E-state index in [1.54, 1.807) is 7.11 Å². The highest BCUT2D eigenvalue weighted by atomic mass is 16.5. The average molecular weight is 246 g/mol. The molecule has 0 aromatic heterocycles. The molecule has 0 amide bonds. The van der Waals surface area contributed by atoms with Gasteiger partial charge in [-0.1, -0.05) is 12.1 Å². The molecular weight excluding hydrogens is 228 g/mol. The summed E-state index contributed by atoms with van der Waals surface area (Å²) < 4.78 is 11.0. The van der Waals surface area contributed by atoms with E-state index in [1.807, 2.05) is 31.2 Å². The van der Waals surface area contributed by atoms with Gasteiger partial charge in [0.05, 0.1) is 23.4 Å². The molecule has 0 spiro atoms. The summed E-state index contributed by atoms with van der Waals surface area (Å²) in [5, 5.41) is 12.4. The Bertz CT molecular complexity index is 442. The van der Waals surface area contributed by atoms with Gasteiger partial charge in [-0.2, -0.15) is 5.26 Å². The van der Waals surface area contributed by atoms with E-state index in [4.69, 9.17) is 14.7 Å². The van der Waals surface area contributed by atoms with E-state index in [9.17, 15) is 0 Å². The lowest BCUT2D eigenvalue weighted by Crippen LogP contribution is -2.56. The molecule has 96 valence electrons. The number of nitrogens with one attached hydrogen (secondary N) is 1. The van der Waals surface area contributed by atoms with Gasteiger partial charge in [-0.15, -0.1) is 0 Å². The fourth-order valence-corrected chi connectivity index (χ4v) is 2.32. The van der Waals surface area contributed by atoms with Crippen molar-refractivity contribution in [1.29, 1.82) is 5.26 Å². The van der Waals surface area contributed by atoms with E-state index < -0.39 is 0 Å². The lowest BCUT2D eigenvalue weighted by atomic mass is 9.85. The van der Waals surface area contributed by atoms with Crippen molar-refractivity contribution in [3.8, 4) is 6.07 Å². The second kappa shape index (κ2) is 5.85. The Kier molecular flexibility index (Phi) is 4.19. The molecule has 4 heteroatoms. The summed E-state index contributed by atoms with van der Waals surface area (Å²) in [5.74, 6) is 0. The van der Waals surface area contributed by atoms with Crippen LogP contribution >= 0.6 is 0 Å². The van der Waals surface area contributed by atoms with E-state index in [0.717, 1.165) is 12.1 Å². The highest BCUT2D eigenvalue weighted by Crippen LogP contribution is 2.30. The number of rotatable bonds is 5. The monoisotopic (exact) mass is 246 g/mol. The third kappa shape index (κ3) is 2.47. The van der Waals surface area contributed by atoms with Gasteiger partial charge in [-0.25, -0.2) is 0 Å². The molecule has 3 atom stereocenters. The topological polar surface area (TPSA) is 54.3 Å². The van der Waals surface area contributed by atoms with Gasteiger partial charge in [0.15, 0.2) is 0 Å². The van der Waals surface area contributed by atoms with Crippen molar-refractivity contribution >= 4 is 5.69 Å². The van der Waals surface area contributed by atoms with Gasteiger partial charge >= 0.3 is 0 Å². The first kappa shape index (κ1) is 12.9. The minimum Gasteiger partial charge on any atom is -0.378 e. The van der Waals surface area contributed by atoms with Crippen LogP contribution in [0.25, 0.3) is 0 Å². The van der Waals surface area contributed by atoms with E-state index in [1.165, 1.54) is 0 Å². The van der Waals surface area contributed by atoms with Crippen LogP contribution in [0.4, 0.5) is 5.69 Å². The zero-order chi connectivity index (χ0) is 13.0. The van der Waals surface area contributed by atoms with Crippen LogP contribution in [0.2, 0.25) is 0 Å². The first-order valence-corrected chi connectivity index (χ1v) is 6.20. The molecule has 0 bridgehead atoms. The minimum atomic E-state index is 0.0525. The summed E-state index contributed by atoms with van der Waals surface area (Å²) in [4.78, 5) is 0. The maximum absolute atomic E-state index is 9.04. The Hall–Kier alpha value is -1.57. The smallest absolute Gasteiger partial charge is 0.103 e. The Morgan fingerprint density at radius 1 is 1.44 bits per heavy atom. The van der Waals surface area contributed by atoms with Crippen molar-refractivity contribution < 1.29 is 9.47 Å². The zero-order valence-corrected chi connectivity index (χ0v) is 10.7.